The summed E-state index contributed by atoms with van der Waals surface area (Å²) in [5, 5.41) is 9.78. The number of nitrogens with zero attached hydrogens (tertiary/aromatic N) is 2. The second-order valence-electron chi connectivity index (χ2n) is 9.95. The predicted octanol–water partition coefficient (Wildman–Crippen LogP) is 4.79. The molecular weight excluding hydrogens is 460 g/mol. The molecule has 1 unspecified atom stereocenters. The van der Waals surface area contributed by atoms with Crippen molar-refractivity contribution >= 4 is 17.9 Å². The van der Waals surface area contributed by atoms with E-state index in [4.69, 9.17) is 9.47 Å². The number of ether oxygens (including phenoxy) is 2. The van der Waals surface area contributed by atoms with E-state index in [0.29, 0.717) is 25.7 Å². The van der Waals surface area contributed by atoms with Crippen LogP contribution in [0.25, 0.3) is 5.69 Å². The Morgan fingerprint density at radius 3 is 2.64 bits per heavy atom. The van der Waals surface area contributed by atoms with Crippen molar-refractivity contribution in [2.75, 3.05) is 0 Å². The van der Waals surface area contributed by atoms with Crippen molar-refractivity contribution in [1.82, 2.24) is 9.55 Å². The van der Waals surface area contributed by atoms with E-state index in [-0.39, 0.29) is 18.3 Å². The topological polar surface area (TPSA) is 108 Å². The fraction of sp³-hybridized carbons (Fsp3) is 0.571. The van der Waals surface area contributed by atoms with Crippen LogP contribution >= 0.6 is 0 Å². The van der Waals surface area contributed by atoms with Gasteiger partial charge in [0.05, 0.1) is 23.9 Å². The first-order valence-corrected chi connectivity index (χ1v) is 13.2. The molecule has 0 bridgehead atoms. The minimum atomic E-state index is -0.907. The van der Waals surface area contributed by atoms with E-state index in [1.165, 1.54) is 5.56 Å². The SMILES string of the molecule is CC(OC(=O)CCCC[C@@H](Cc1ncn2c1CCc1ccccc1-2)C(=O)O)OC(=O)C1CCCCC1. The second-order valence-corrected chi connectivity index (χ2v) is 9.95. The molecule has 8 nitrogen and oxygen atoms in total. The third-order valence-electron chi connectivity index (χ3n) is 7.33. The average Bonchev–Trinajstić information content (AvgIpc) is 3.29. The Morgan fingerprint density at radius 1 is 1.08 bits per heavy atom. The molecule has 2 aliphatic rings. The number of hydrogen-bond acceptors (Lipinski definition) is 6. The Labute approximate surface area is 212 Å². The monoisotopic (exact) mass is 496 g/mol. The Bertz CT molecular complexity index is 1070. The van der Waals surface area contributed by atoms with Crippen molar-refractivity contribution in [1.29, 1.82) is 0 Å². The number of aliphatic carboxylic acids is 1. The number of carboxylic acid groups (broad SMARTS) is 1. The van der Waals surface area contributed by atoms with E-state index >= 15 is 0 Å². The first-order valence-electron chi connectivity index (χ1n) is 13.2. The molecule has 194 valence electrons. The molecule has 1 N–H and O–H groups in total. The zero-order valence-electron chi connectivity index (χ0n) is 21.0. The summed E-state index contributed by atoms with van der Waals surface area (Å²) >= 11 is 0. The Kier molecular flexibility index (Phi) is 8.78. The smallest absolute Gasteiger partial charge is 0.311 e. The molecule has 1 aromatic heterocycles. The summed E-state index contributed by atoms with van der Waals surface area (Å²) in [6.07, 6.45) is 9.61. The number of esters is 2. The maximum atomic E-state index is 12.2. The lowest BCUT2D eigenvalue weighted by Gasteiger charge is -2.22. The highest BCUT2D eigenvalue weighted by Gasteiger charge is 2.26. The minimum Gasteiger partial charge on any atom is -0.481 e. The van der Waals surface area contributed by atoms with Crippen LogP contribution in [-0.2, 0) is 43.1 Å². The van der Waals surface area contributed by atoms with Crippen molar-refractivity contribution in [2.45, 2.75) is 90.3 Å². The van der Waals surface area contributed by atoms with Gasteiger partial charge in [0.2, 0.25) is 6.29 Å². The summed E-state index contributed by atoms with van der Waals surface area (Å²) < 4.78 is 12.6. The molecule has 1 saturated carbocycles. The lowest BCUT2D eigenvalue weighted by atomic mass is 9.89. The van der Waals surface area contributed by atoms with E-state index in [1.807, 2.05) is 12.1 Å². The molecule has 8 heteroatoms. The van der Waals surface area contributed by atoms with Gasteiger partial charge in [0.15, 0.2) is 0 Å². The maximum absolute atomic E-state index is 12.2. The van der Waals surface area contributed by atoms with Crippen LogP contribution in [0, 0.1) is 11.8 Å². The molecule has 0 radical (unpaired) electrons. The number of unbranched alkanes of at least 4 members (excludes halogenated alkanes) is 1. The van der Waals surface area contributed by atoms with Crippen LogP contribution in [0.5, 0.6) is 0 Å². The number of hydrogen-bond donors (Lipinski definition) is 1. The lowest BCUT2D eigenvalue weighted by molar-refractivity contribution is -0.188. The molecule has 1 aliphatic carbocycles. The quantitative estimate of drug-likeness (QED) is 0.271. The standard InChI is InChI=1S/C28H36N2O6/c1-19(36-28(34)21-10-3-2-4-11-21)35-26(31)14-8-6-12-22(27(32)33)17-23-25-16-15-20-9-5-7-13-24(20)30(25)18-29-23/h5,7,9,13,18-19,21-22H,2-4,6,8,10-12,14-17H2,1H3,(H,32,33)/t19?,22-/m0/s1. The molecular formula is C28H36N2O6. The minimum absolute atomic E-state index is 0.0940. The van der Waals surface area contributed by atoms with Crippen molar-refractivity contribution in [3.05, 3.63) is 47.5 Å². The number of imidazole rings is 1. The van der Waals surface area contributed by atoms with Crippen molar-refractivity contribution < 1.29 is 29.0 Å². The predicted molar refractivity (Wildman–Crippen MR) is 132 cm³/mol. The summed E-state index contributed by atoms with van der Waals surface area (Å²) in [4.78, 5) is 40.8. The molecule has 4 rings (SSSR count). The molecule has 0 amide bonds. The van der Waals surface area contributed by atoms with Gasteiger partial charge in [0.25, 0.3) is 0 Å². The third-order valence-corrected chi connectivity index (χ3v) is 7.33. The van der Waals surface area contributed by atoms with Crippen molar-refractivity contribution in [3.63, 3.8) is 0 Å². The van der Waals surface area contributed by atoms with Crippen LogP contribution in [0.4, 0.5) is 0 Å². The van der Waals surface area contributed by atoms with Gasteiger partial charge in [-0.2, -0.15) is 0 Å². The highest BCUT2D eigenvalue weighted by Crippen LogP contribution is 2.28. The number of carbonyl (C=O) groups excluding carboxylic acids is 2. The molecule has 2 aromatic rings. The Hall–Kier alpha value is -3.16. The van der Waals surface area contributed by atoms with Crippen molar-refractivity contribution in [2.24, 2.45) is 11.8 Å². The summed E-state index contributed by atoms with van der Waals surface area (Å²) in [7, 11) is 0. The Morgan fingerprint density at radius 2 is 1.86 bits per heavy atom. The highest BCUT2D eigenvalue weighted by molar-refractivity contribution is 5.73. The molecule has 0 saturated heterocycles. The first kappa shape index (κ1) is 25.9. The van der Waals surface area contributed by atoms with Gasteiger partial charge in [-0.1, -0.05) is 43.9 Å². The number of benzene rings is 1. The molecule has 0 spiro atoms. The van der Waals surface area contributed by atoms with Gasteiger partial charge in [-0.25, -0.2) is 4.98 Å². The van der Waals surface area contributed by atoms with Gasteiger partial charge in [0.1, 0.15) is 0 Å². The average molecular weight is 497 g/mol. The van der Waals surface area contributed by atoms with Gasteiger partial charge in [-0.05, 0) is 50.2 Å². The van der Waals surface area contributed by atoms with Crippen LogP contribution in [0.3, 0.4) is 0 Å². The number of fused-ring (bicyclic) bond motifs is 3. The van der Waals surface area contributed by atoms with Crippen LogP contribution in [0.15, 0.2) is 30.6 Å². The van der Waals surface area contributed by atoms with Gasteiger partial charge in [-0.3, -0.25) is 14.4 Å². The van der Waals surface area contributed by atoms with Crippen LogP contribution in [0.1, 0.15) is 81.7 Å². The van der Waals surface area contributed by atoms with Gasteiger partial charge in [0, 0.05) is 31.1 Å². The Balaban J connectivity index is 1.21. The zero-order chi connectivity index (χ0) is 25.5. The number of carboxylic acids is 1. The van der Waals surface area contributed by atoms with Crippen LogP contribution in [0.2, 0.25) is 0 Å². The molecule has 1 aromatic carbocycles. The van der Waals surface area contributed by atoms with E-state index in [9.17, 15) is 19.5 Å². The van der Waals surface area contributed by atoms with Gasteiger partial charge < -0.3 is 19.1 Å². The molecule has 2 atom stereocenters. The normalized spacial score (nSPS) is 16.9. The first-order chi connectivity index (χ1) is 17.4. The summed E-state index contributed by atoms with van der Waals surface area (Å²) in [6.45, 7) is 1.56. The van der Waals surface area contributed by atoms with Crippen LogP contribution < -0.4 is 0 Å². The van der Waals surface area contributed by atoms with Gasteiger partial charge >= 0.3 is 17.9 Å². The van der Waals surface area contributed by atoms with E-state index in [2.05, 4.69) is 21.7 Å². The fourth-order valence-electron chi connectivity index (χ4n) is 5.34. The maximum Gasteiger partial charge on any atom is 0.311 e. The molecule has 1 fully saturated rings. The van der Waals surface area contributed by atoms with E-state index < -0.39 is 24.1 Å². The summed E-state index contributed by atoms with van der Waals surface area (Å²) in [6, 6.07) is 8.21. The summed E-state index contributed by atoms with van der Waals surface area (Å²) in [5.74, 6) is -2.23. The lowest BCUT2D eigenvalue weighted by Crippen LogP contribution is -2.27. The number of rotatable bonds is 11. The number of para-hydroxylation sites is 1. The van der Waals surface area contributed by atoms with Crippen molar-refractivity contribution in [3.8, 4) is 5.69 Å². The zero-order valence-corrected chi connectivity index (χ0v) is 21.0. The summed E-state index contributed by atoms with van der Waals surface area (Å²) in [5.41, 5.74) is 4.31. The molecule has 2 heterocycles. The molecule has 36 heavy (non-hydrogen) atoms. The van der Waals surface area contributed by atoms with Gasteiger partial charge in [-0.15, -0.1) is 0 Å². The number of aromatic nitrogens is 2. The third kappa shape index (κ3) is 6.53. The number of carbonyl (C=O) groups is 3. The largest absolute Gasteiger partial charge is 0.481 e. The molecule has 1 aliphatic heterocycles. The highest BCUT2D eigenvalue weighted by atomic mass is 16.7. The fourth-order valence-corrected chi connectivity index (χ4v) is 5.34. The second kappa shape index (κ2) is 12.2. The number of aryl methyl sites for hydroxylation is 1. The van der Waals surface area contributed by atoms with E-state index in [1.54, 1.807) is 13.3 Å². The van der Waals surface area contributed by atoms with Crippen LogP contribution in [-0.4, -0.2) is 38.9 Å². The van der Waals surface area contributed by atoms with E-state index in [0.717, 1.165) is 62.0 Å².